The van der Waals surface area contributed by atoms with E-state index in [-0.39, 0.29) is 30.8 Å². The van der Waals surface area contributed by atoms with Crippen molar-refractivity contribution in [3.05, 3.63) is 65.5 Å². The Morgan fingerprint density at radius 3 is 2.36 bits per heavy atom. The zero-order valence-electron chi connectivity index (χ0n) is 13.8. The van der Waals surface area contributed by atoms with Crippen LogP contribution < -0.4 is 5.32 Å². The molecule has 0 heterocycles. The van der Waals surface area contributed by atoms with Crippen molar-refractivity contribution in [3.8, 4) is 0 Å². The summed E-state index contributed by atoms with van der Waals surface area (Å²) < 4.78 is 17.8. The van der Waals surface area contributed by atoms with Crippen LogP contribution in [0.1, 0.15) is 40.5 Å². The number of para-hydroxylation sites is 1. The van der Waals surface area contributed by atoms with Crippen LogP contribution in [0.15, 0.2) is 48.5 Å². The monoisotopic (exact) mass is 343 g/mol. The van der Waals surface area contributed by atoms with Gasteiger partial charge in [-0.3, -0.25) is 9.59 Å². The van der Waals surface area contributed by atoms with Gasteiger partial charge in [-0.05, 0) is 43.3 Å². The number of halogens is 1. The highest BCUT2D eigenvalue weighted by Crippen LogP contribution is 2.17. The standard InChI is InChI=1S/C19H18FNO4/c1-2-25-19(24)15-5-3-4-6-16(15)21-18(23)12-11-17(22)13-7-9-14(20)10-8-13/h3-10H,2,11-12H2,1H3,(H,21,23). The molecule has 0 atom stereocenters. The number of nitrogens with one attached hydrogen (secondary N) is 1. The van der Waals surface area contributed by atoms with Gasteiger partial charge in [-0.1, -0.05) is 12.1 Å². The number of esters is 1. The summed E-state index contributed by atoms with van der Waals surface area (Å²) in [5.74, 6) is -1.60. The first-order valence-electron chi connectivity index (χ1n) is 7.86. The van der Waals surface area contributed by atoms with Crippen molar-refractivity contribution < 1.29 is 23.5 Å². The maximum atomic E-state index is 12.9. The summed E-state index contributed by atoms with van der Waals surface area (Å²) >= 11 is 0. The maximum absolute atomic E-state index is 12.9. The number of anilines is 1. The Labute approximate surface area is 144 Å². The van der Waals surface area contributed by atoms with Crippen LogP contribution in [0.4, 0.5) is 10.1 Å². The highest BCUT2D eigenvalue weighted by Gasteiger charge is 2.15. The second-order valence-electron chi connectivity index (χ2n) is 5.24. The molecule has 0 aliphatic carbocycles. The van der Waals surface area contributed by atoms with Gasteiger partial charge in [0.15, 0.2) is 5.78 Å². The van der Waals surface area contributed by atoms with Crippen LogP contribution in [0, 0.1) is 5.82 Å². The number of hydrogen-bond acceptors (Lipinski definition) is 4. The molecule has 0 saturated heterocycles. The summed E-state index contributed by atoms with van der Waals surface area (Å²) in [5.41, 5.74) is 0.934. The molecule has 0 bridgehead atoms. The van der Waals surface area contributed by atoms with Crippen molar-refractivity contribution in [2.24, 2.45) is 0 Å². The van der Waals surface area contributed by atoms with Gasteiger partial charge in [0.25, 0.3) is 0 Å². The normalized spacial score (nSPS) is 10.2. The zero-order valence-corrected chi connectivity index (χ0v) is 13.8. The van der Waals surface area contributed by atoms with Gasteiger partial charge >= 0.3 is 5.97 Å². The minimum Gasteiger partial charge on any atom is -0.462 e. The van der Waals surface area contributed by atoms with Crippen molar-refractivity contribution in [1.29, 1.82) is 0 Å². The molecule has 0 spiro atoms. The van der Waals surface area contributed by atoms with Crippen molar-refractivity contribution in [3.63, 3.8) is 0 Å². The summed E-state index contributed by atoms with van der Waals surface area (Å²) in [6.07, 6.45) is -0.0631. The second-order valence-corrected chi connectivity index (χ2v) is 5.24. The second kappa shape index (κ2) is 8.73. The van der Waals surface area contributed by atoms with E-state index in [4.69, 9.17) is 4.74 Å². The predicted octanol–water partition coefficient (Wildman–Crippen LogP) is 3.60. The number of Topliss-reactive ketones (excluding diaryl/α,β-unsaturated/α-hetero) is 1. The number of ether oxygens (including phenoxy) is 1. The average molecular weight is 343 g/mol. The first-order chi connectivity index (χ1) is 12.0. The predicted molar refractivity (Wildman–Crippen MR) is 91.0 cm³/mol. The first kappa shape index (κ1) is 18.3. The molecule has 5 nitrogen and oxygen atoms in total. The van der Waals surface area contributed by atoms with E-state index in [9.17, 15) is 18.8 Å². The Hall–Kier alpha value is -3.02. The lowest BCUT2D eigenvalue weighted by atomic mass is 10.1. The quantitative estimate of drug-likeness (QED) is 0.616. The molecule has 2 aromatic carbocycles. The van der Waals surface area contributed by atoms with Gasteiger partial charge in [-0.2, -0.15) is 0 Å². The topological polar surface area (TPSA) is 72.5 Å². The molecular formula is C19H18FNO4. The lowest BCUT2D eigenvalue weighted by Crippen LogP contribution is -2.16. The third-order valence-electron chi connectivity index (χ3n) is 3.44. The Morgan fingerprint density at radius 2 is 1.68 bits per heavy atom. The summed E-state index contributed by atoms with van der Waals surface area (Å²) in [6.45, 7) is 1.92. The molecule has 6 heteroatoms. The fraction of sp³-hybridized carbons (Fsp3) is 0.211. The Morgan fingerprint density at radius 1 is 1.00 bits per heavy atom. The van der Waals surface area contributed by atoms with E-state index in [1.165, 1.54) is 24.3 Å². The zero-order chi connectivity index (χ0) is 18.2. The van der Waals surface area contributed by atoms with Gasteiger partial charge in [-0.15, -0.1) is 0 Å². The van der Waals surface area contributed by atoms with Gasteiger partial charge in [0.05, 0.1) is 17.9 Å². The number of ketones is 1. The smallest absolute Gasteiger partial charge is 0.340 e. The van der Waals surface area contributed by atoms with Crippen LogP contribution >= 0.6 is 0 Å². The number of carbonyl (C=O) groups is 3. The van der Waals surface area contributed by atoms with Crippen LogP contribution in [-0.4, -0.2) is 24.3 Å². The van der Waals surface area contributed by atoms with Gasteiger partial charge < -0.3 is 10.1 Å². The summed E-state index contributed by atoms with van der Waals surface area (Å²) in [7, 11) is 0. The molecule has 25 heavy (non-hydrogen) atoms. The fourth-order valence-electron chi connectivity index (χ4n) is 2.20. The molecule has 0 radical (unpaired) electrons. The van der Waals surface area contributed by atoms with Crippen LogP contribution in [0.5, 0.6) is 0 Å². The molecule has 0 aliphatic rings. The summed E-state index contributed by atoms with van der Waals surface area (Å²) in [6, 6.07) is 11.6. The number of amides is 1. The number of rotatable bonds is 7. The molecule has 0 aliphatic heterocycles. The molecule has 1 N–H and O–H groups in total. The first-order valence-corrected chi connectivity index (χ1v) is 7.86. The number of carbonyl (C=O) groups excluding carboxylic acids is 3. The van der Waals surface area contributed by atoms with Gasteiger partial charge in [0.2, 0.25) is 5.91 Å². The van der Waals surface area contributed by atoms with Crippen molar-refractivity contribution >= 4 is 23.3 Å². The third-order valence-corrected chi connectivity index (χ3v) is 3.44. The summed E-state index contributed by atoms with van der Waals surface area (Å²) in [4.78, 5) is 35.9. The van der Waals surface area contributed by atoms with Crippen molar-refractivity contribution in [1.82, 2.24) is 0 Å². The van der Waals surface area contributed by atoms with Crippen LogP contribution in [0.25, 0.3) is 0 Å². The molecule has 0 unspecified atom stereocenters. The molecule has 2 rings (SSSR count). The van der Waals surface area contributed by atoms with Crippen molar-refractivity contribution in [2.45, 2.75) is 19.8 Å². The van der Waals surface area contributed by atoms with E-state index >= 15 is 0 Å². The van der Waals surface area contributed by atoms with Gasteiger partial charge in [0.1, 0.15) is 5.82 Å². The molecule has 0 fully saturated rings. The number of benzene rings is 2. The minimum atomic E-state index is -0.527. The highest BCUT2D eigenvalue weighted by molar-refractivity contribution is 6.03. The molecule has 0 saturated carbocycles. The van der Waals surface area contributed by atoms with Crippen LogP contribution in [0.3, 0.4) is 0 Å². The van der Waals surface area contributed by atoms with Crippen LogP contribution in [-0.2, 0) is 9.53 Å². The van der Waals surface area contributed by atoms with E-state index in [1.807, 2.05) is 0 Å². The van der Waals surface area contributed by atoms with Gasteiger partial charge in [0, 0.05) is 18.4 Å². The Balaban J connectivity index is 1.95. The lowest BCUT2D eigenvalue weighted by Gasteiger charge is -2.10. The fourth-order valence-corrected chi connectivity index (χ4v) is 2.20. The summed E-state index contributed by atoms with van der Waals surface area (Å²) in [5, 5.41) is 2.61. The molecular weight excluding hydrogens is 325 g/mol. The van der Waals surface area contributed by atoms with Crippen LogP contribution in [0.2, 0.25) is 0 Å². The lowest BCUT2D eigenvalue weighted by molar-refractivity contribution is -0.116. The van der Waals surface area contributed by atoms with E-state index in [1.54, 1.807) is 31.2 Å². The average Bonchev–Trinajstić information content (AvgIpc) is 2.61. The maximum Gasteiger partial charge on any atom is 0.340 e. The molecule has 0 aromatic heterocycles. The van der Waals surface area contributed by atoms with E-state index < -0.39 is 17.7 Å². The molecule has 2 aromatic rings. The third kappa shape index (κ3) is 5.24. The highest BCUT2D eigenvalue weighted by atomic mass is 19.1. The van der Waals surface area contributed by atoms with Gasteiger partial charge in [-0.25, -0.2) is 9.18 Å². The Bertz CT molecular complexity index is 771. The molecule has 130 valence electrons. The van der Waals surface area contributed by atoms with E-state index in [0.29, 0.717) is 11.3 Å². The Kier molecular flexibility index (Phi) is 6.39. The SMILES string of the molecule is CCOC(=O)c1ccccc1NC(=O)CCC(=O)c1ccc(F)cc1. The largest absolute Gasteiger partial charge is 0.462 e. The van der Waals surface area contributed by atoms with E-state index in [2.05, 4.69) is 5.32 Å². The van der Waals surface area contributed by atoms with Crippen molar-refractivity contribution in [2.75, 3.05) is 11.9 Å². The number of hydrogen-bond donors (Lipinski definition) is 1. The van der Waals surface area contributed by atoms with E-state index in [0.717, 1.165) is 0 Å². The molecule has 1 amide bonds. The minimum absolute atomic E-state index is 0.0148.